The number of aryl methyl sites for hydroxylation is 2. The topological polar surface area (TPSA) is 61.0 Å². The molecule has 5 aromatic rings. The summed E-state index contributed by atoms with van der Waals surface area (Å²) in [7, 11) is 3.19. The van der Waals surface area contributed by atoms with Gasteiger partial charge in [-0.3, -0.25) is 13.9 Å². The monoisotopic (exact) mass is 466 g/mol. The van der Waals surface area contributed by atoms with E-state index in [2.05, 4.69) is 9.88 Å². The Bertz CT molecular complexity index is 1740. The largest absolute Gasteiger partial charge is 0.371 e. The number of fused-ring (bicyclic) bond motifs is 5. The van der Waals surface area contributed by atoms with Gasteiger partial charge in [0.15, 0.2) is 0 Å². The van der Waals surface area contributed by atoms with Crippen LogP contribution >= 0.6 is 0 Å². The third-order valence-corrected chi connectivity index (χ3v) is 6.86. The summed E-state index contributed by atoms with van der Waals surface area (Å²) in [6, 6.07) is 21.8. The highest BCUT2D eigenvalue weighted by atomic mass is 19.1. The highest BCUT2D eigenvalue weighted by molar-refractivity contribution is 5.99. The molecule has 6 nitrogen and oxygen atoms in total. The second-order valence-corrected chi connectivity index (χ2v) is 9.01. The van der Waals surface area contributed by atoms with Crippen LogP contribution in [0.1, 0.15) is 22.9 Å². The summed E-state index contributed by atoms with van der Waals surface area (Å²) in [4.78, 5) is 26.7. The molecule has 0 spiro atoms. The number of halogens is 1. The minimum atomic E-state index is -0.412. The molecular formula is C28H23FN4O2. The molecule has 2 aromatic heterocycles. The van der Waals surface area contributed by atoms with E-state index in [-0.39, 0.29) is 11.4 Å². The molecule has 7 heteroatoms. The lowest BCUT2D eigenvalue weighted by Crippen LogP contribution is -2.37. The highest BCUT2D eigenvalue weighted by Gasteiger charge is 2.34. The van der Waals surface area contributed by atoms with Gasteiger partial charge in [0.1, 0.15) is 5.82 Å². The van der Waals surface area contributed by atoms with Crippen LogP contribution in [-0.4, -0.2) is 13.7 Å². The predicted octanol–water partition coefficient (Wildman–Crippen LogP) is 4.66. The van der Waals surface area contributed by atoms with Crippen molar-refractivity contribution in [2.24, 2.45) is 14.1 Å². The Hall–Kier alpha value is -4.39. The Morgan fingerprint density at radius 2 is 1.54 bits per heavy atom. The Labute approximate surface area is 200 Å². The summed E-state index contributed by atoms with van der Waals surface area (Å²) < 4.78 is 18.6. The lowest BCUT2D eigenvalue weighted by molar-refractivity contribution is 0.626. The predicted molar refractivity (Wildman–Crippen MR) is 136 cm³/mol. The van der Waals surface area contributed by atoms with Crippen molar-refractivity contribution >= 4 is 16.6 Å². The number of anilines is 1. The summed E-state index contributed by atoms with van der Waals surface area (Å²) in [6.07, 6.45) is 0. The van der Waals surface area contributed by atoms with E-state index in [0.29, 0.717) is 10.9 Å². The third kappa shape index (κ3) is 3.01. The van der Waals surface area contributed by atoms with Crippen LogP contribution in [-0.2, 0) is 14.1 Å². The maximum atomic E-state index is 13.8. The minimum Gasteiger partial charge on any atom is -0.371 e. The molecule has 3 heterocycles. The molecule has 1 N–H and O–H groups in total. The number of benzene rings is 3. The summed E-state index contributed by atoms with van der Waals surface area (Å²) in [5.41, 5.74) is 5.86. The summed E-state index contributed by atoms with van der Waals surface area (Å²) in [5.74, 6) is -0.327. The van der Waals surface area contributed by atoms with Crippen LogP contribution in [0.25, 0.3) is 27.8 Å². The zero-order valence-electron chi connectivity index (χ0n) is 19.5. The van der Waals surface area contributed by atoms with Crippen LogP contribution in [0.5, 0.6) is 0 Å². The van der Waals surface area contributed by atoms with Gasteiger partial charge in [-0.15, -0.1) is 0 Å². The van der Waals surface area contributed by atoms with Gasteiger partial charge in [-0.25, -0.2) is 9.18 Å². The average molecular weight is 467 g/mol. The first kappa shape index (κ1) is 21.2. The van der Waals surface area contributed by atoms with Crippen molar-refractivity contribution in [3.05, 3.63) is 116 Å². The molecule has 6 rings (SSSR count). The minimum absolute atomic E-state index is 0.327. The van der Waals surface area contributed by atoms with Crippen molar-refractivity contribution in [3.63, 3.8) is 0 Å². The standard InChI is InChI=1S/C28H23FN4O2/c1-16-8-10-18(11-9-16)24-22-25(31(2)28(35)32(3)27(22)34)26-23(17-12-14-19(29)15-13-17)30-20-6-4-5-7-21(20)33(24)26/h4-15,23,30H,1-3H3/t23-/m1/s1. The smallest absolute Gasteiger partial charge is 0.331 e. The first-order valence-corrected chi connectivity index (χ1v) is 11.4. The van der Waals surface area contributed by atoms with E-state index in [1.165, 1.54) is 23.7 Å². The zero-order chi connectivity index (χ0) is 24.4. The molecule has 0 amide bonds. The average Bonchev–Trinajstić information content (AvgIpc) is 3.23. The lowest BCUT2D eigenvalue weighted by atomic mass is 9.99. The maximum absolute atomic E-state index is 13.8. The summed E-state index contributed by atoms with van der Waals surface area (Å²) in [5, 5.41) is 4.04. The normalized spacial score (nSPS) is 14.5. The van der Waals surface area contributed by atoms with Gasteiger partial charge in [0, 0.05) is 14.1 Å². The molecule has 0 saturated heterocycles. The van der Waals surface area contributed by atoms with E-state index in [1.807, 2.05) is 55.5 Å². The van der Waals surface area contributed by atoms with E-state index >= 15 is 0 Å². The van der Waals surface area contributed by atoms with Crippen LogP contribution in [0.3, 0.4) is 0 Å². The number of hydrogen-bond acceptors (Lipinski definition) is 3. The first-order chi connectivity index (χ1) is 16.9. The van der Waals surface area contributed by atoms with Crippen LogP contribution in [0.4, 0.5) is 10.1 Å². The number of hydrogen-bond donors (Lipinski definition) is 1. The molecule has 0 aliphatic carbocycles. The number of nitrogens with zero attached hydrogens (tertiary/aromatic N) is 3. The lowest BCUT2D eigenvalue weighted by Gasteiger charge is -2.31. The van der Waals surface area contributed by atoms with Gasteiger partial charge in [0.2, 0.25) is 0 Å². The molecule has 1 aliphatic rings. The van der Waals surface area contributed by atoms with Crippen LogP contribution < -0.4 is 16.6 Å². The van der Waals surface area contributed by atoms with E-state index in [4.69, 9.17) is 0 Å². The molecule has 0 radical (unpaired) electrons. The fourth-order valence-corrected chi connectivity index (χ4v) is 5.11. The second-order valence-electron chi connectivity index (χ2n) is 9.01. The van der Waals surface area contributed by atoms with E-state index in [1.54, 1.807) is 19.2 Å². The fraction of sp³-hybridized carbons (Fsp3) is 0.143. The number of para-hydroxylation sites is 2. The van der Waals surface area contributed by atoms with Gasteiger partial charge in [-0.05, 0) is 42.3 Å². The van der Waals surface area contributed by atoms with Crippen LogP contribution in [0, 0.1) is 12.7 Å². The Balaban J connectivity index is 1.85. The molecule has 174 valence electrons. The molecule has 35 heavy (non-hydrogen) atoms. The molecule has 0 bridgehead atoms. The van der Waals surface area contributed by atoms with E-state index < -0.39 is 11.7 Å². The van der Waals surface area contributed by atoms with Gasteiger partial charge in [-0.1, -0.05) is 54.1 Å². The molecule has 1 aliphatic heterocycles. The Morgan fingerprint density at radius 1 is 0.857 bits per heavy atom. The summed E-state index contributed by atoms with van der Waals surface area (Å²) >= 11 is 0. The van der Waals surface area contributed by atoms with Crippen molar-refractivity contribution in [1.29, 1.82) is 0 Å². The molecule has 0 saturated carbocycles. The molecule has 3 aromatic carbocycles. The Morgan fingerprint density at radius 3 is 2.26 bits per heavy atom. The van der Waals surface area contributed by atoms with Crippen molar-refractivity contribution < 1.29 is 4.39 Å². The SMILES string of the molecule is Cc1ccc(-c2c3c(=O)n(C)c(=O)n(C)c3c3n2-c2ccccc2N[C@@H]3c2ccc(F)cc2)cc1. The van der Waals surface area contributed by atoms with E-state index in [9.17, 15) is 14.0 Å². The molecular weight excluding hydrogens is 443 g/mol. The maximum Gasteiger partial charge on any atom is 0.331 e. The second kappa shape index (κ2) is 7.56. The van der Waals surface area contributed by atoms with Gasteiger partial charge >= 0.3 is 5.69 Å². The zero-order valence-corrected chi connectivity index (χ0v) is 19.5. The fourth-order valence-electron chi connectivity index (χ4n) is 5.11. The van der Waals surface area contributed by atoms with Crippen molar-refractivity contribution in [2.45, 2.75) is 13.0 Å². The van der Waals surface area contributed by atoms with Crippen molar-refractivity contribution in [1.82, 2.24) is 13.7 Å². The van der Waals surface area contributed by atoms with Crippen LogP contribution in [0.2, 0.25) is 0 Å². The van der Waals surface area contributed by atoms with E-state index in [0.717, 1.165) is 44.0 Å². The number of nitrogens with one attached hydrogen (secondary N) is 1. The van der Waals surface area contributed by atoms with Gasteiger partial charge < -0.3 is 9.88 Å². The number of rotatable bonds is 2. The van der Waals surface area contributed by atoms with Crippen molar-refractivity contribution in [3.8, 4) is 16.9 Å². The molecule has 0 unspecified atom stereocenters. The first-order valence-electron chi connectivity index (χ1n) is 11.4. The van der Waals surface area contributed by atoms with Gasteiger partial charge in [0.05, 0.1) is 39.7 Å². The number of aromatic nitrogens is 3. The van der Waals surface area contributed by atoms with Crippen molar-refractivity contribution in [2.75, 3.05) is 5.32 Å². The quantitative estimate of drug-likeness (QED) is 0.412. The van der Waals surface area contributed by atoms with Gasteiger partial charge in [0.25, 0.3) is 5.56 Å². The molecule has 0 fully saturated rings. The Kier molecular flexibility index (Phi) is 4.57. The molecule has 1 atom stereocenters. The highest BCUT2D eigenvalue weighted by Crippen LogP contribution is 2.45. The third-order valence-electron chi connectivity index (χ3n) is 6.86. The summed E-state index contributed by atoms with van der Waals surface area (Å²) in [6.45, 7) is 2.02. The van der Waals surface area contributed by atoms with Crippen LogP contribution in [0.15, 0.2) is 82.4 Å². The van der Waals surface area contributed by atoms with Gasteiger partial charge in [-0.2, -0.15) is 0 Å².